The van der Waals surface area contributed by atoms with Crippen LogP contribution < -0.4 is 4.89 Å². The van der Waals surface area contributed by atoms with Crippen molar-refractivity contribution in [2.75, 3.05) is 6.61 Å². The van der Waals surface area contributed by atoms with E-state index in [1.165, 1.54) is 0 Å². The second-order valence-electron chi connectivity index (χ2n) is 4.28. The lowest BCUT2D eigenvalue weighted by Gasteiger charge is -2.09. The number of nitro benzene ring substituents is 1. The number of hydrogen-bond acceptors (Lipinski definition) is 5. The fraction of sp³-hybridized carbons (Fsp3) is 0.400. The molecule has 0 amide bonds. The van der Waals surface area contributed by atoms with Crippen LogP contribution in [-0.2, 0) is 14.9 Å². The molecule has 0 aromatic heterocycles. The molecular formula is C10H12F2N2O5S. The van der Waals surface area contributed by atoms with Crippen LogP contribution in [0.5, 0.6) is 0 Å². The fourth-order valence-electron chi connectivity index (χ4n) is 1.19. The van der Waals surface area contributed by atoms with Gasteiger partial charge in [0.15, 0.2) is 0 Å². The predicted octanol–water partition coefficient (Wildman–Crippen LogP) is 1.74. The van der Waals surface area contributed by atoms with Crippen LogP contribution in [0.15, 0.2) is 17.0 Å². The summed E-state index contributed by atoms with van der Waals surface area (Å²) in [5.41, 5.74) is -1.14. The molecule has 0 saturated heterocycles. The van der Waals surface area contributed by atoms with Gasteiger partial charge in [-0.1, -0.05) is 18.7 Å². The van der Waals surface area contributed by atoms with Crippen molar-refractivity contribution in [2.45, 2.75) is 18.7 Å². The van der Waals surface area contributed by atoms with Crippen LogP contribution in [0.25, 0.3) is 0 Å². The van der Waals surface area contributed by atoms with Crippen molar-refractivity contribution in [1.29, 1.82) is 0 Å². The average molecular weight is 310 g/mol. The second-order valence-corrected chi connectivity index (χ2v) is 5.90. The normalized spacial score (nSPS) is 11.8. The fourth-order valence-corrected chi connectivity index (χ4v) is 2.08. The van der Waals surface area contributed by atoms with Gasteiger partial charge >= 0.3 is 5.69 Å². The number of hydrogen-bond donors (Lipinski definition) is 1. The Morgan fingerprint density at radius 2 is 1.95 bits per heavy atom. The lowest BCUT2D eigenvalue weighted by atomic mass is 10.2. The highest BCUT2D eigenvalue weighted by atomic mass is 32.2. The zero-order chi connectivity index (χ0) is 15.5. The van der Waals surface area contributed by atoms with E-state index in [2.05, 4.69) is 4.84 Å². The van der Waals surface area contributed by atoms with E-state index in [9.17, 15) is 27.3 Å². The Hall–Kier alpha value is -1.65. The number of nitrogens with zero attached hydrogens (tertiary/aromatic N) is 1. The van der Waals surface area contributed by atoms with Crippen molar-refractivity contribution < 1.29 is 27.0 Å². The van der Waals surface area contributed by atoms with Gasteiger partial charge in [-0.3, -0.25) is 15.0 Å². The van der Waals surface area contributed by atoms with E-state index < -0.39 is 37.2 Å². The highest BCUT2D eigenvalue weighted by Gasteiger charge is 2.26. The maximum atomic E-state index is 13.4. The number of benzene rings is 1. The van der Waals surface area contributed by atoms with Gasteiger partial charge in [-0.15, -0.1) is 0 Å². The molecule has 0 aliphatic heterocycles. The zero-order valence-corrected chi connectivity index (χ0v) is 11.4. The Morgan fingerprint density at radius 1 is 1.35 bits per heavy atom. The number of nitro groups is 1. The zero-order valence-electron chi connectivity index (χ0n) is 10.6. The topological polar surface area (TPSA) is 98.5 Å². The van der Waals surface area contributed by atoms with E-state index in [1.807, 2.05) is 0 Å². The summed E-state index contributed by atoms with van der Waals surface area (Å²) in [4.78, 5) is 14.6. The van der Waals surface area contributed by atoms with Gasteiger partial charge in [0.25, 0.3) is 10.0 Å². The van der Waals surface area contributed by atoms with E-state index in [1.54, 1.807) is 18.7 Å². The van der Waals surface area contributed by atoms with E-state index in [0.29, 0.717) is 6.07 Å². The summed E-state index contributed by atoms with van der Waals surface area (Å²) in [6, 6.07) is 0.431. The Balaban J connectivity index is 3.11. The van der Waals surface area contributed by atoms with Crippen molar-refractivity contribution in [3.8, 4) is 0 Å². The molecule has 0 fully saturated rings. The molecule has 10 heteroatoms. The van der Waals surface area contributed by atoms with Crippen LogP contribution in [0, 0.1) is 27.7 Å². The van der Waals surface area contributed by atoms with Gasteiger partial charge in [-0.25, -0.2) is 12.8 Å². The van der Waals surface area contributed by atoms with Crippen molar-refractivity contribution >= 4 is 15.7 Å². The van der Waals surface area contributed by atoms with Gasteiger partial charge in [-0.05, 0) is 5.92 Å². The summed E-state index contributed by atoms with van der Waals surface area (Å²) in [5, 5.41) is 10.5. The van der Waals surface area contributed by atoms with Crippen LogP contribution in [0.4, 0.5) is 14.5 Å². The van der Waals surface area contributed by atoms with E-state index >= 15 is 0 Å². The third kappa shape index (κ3) is 3.92. The number of nitrogens with one attached hydrogen (secondary N) is 1. The summed E-state index contributed by atoms with van der Waals surface area (Å²) in [6.07, 6.45) is 0. The number of halogens is 2. The summed E-state index contributed by atoms with van der Waals surface area (Å²) in [7, 11) is -4.48. The molecular weight excluding hydrogens is 298 g/mol. The Bertz CT molecular complexity index is 618. The Morgan fingerprint density at radius 3 is 2.45 bits per heavy atom. The molecule has 1 rings (SSSR count). The van der Waals surface area contributed by atoms with Crippen LogP contribution in [0.2, 0.25) is 0 Å². The SMILES string of the molecule is CC(C)CONS(=O)(=O)c1cc([N+](=O)[O-])c(F)cc1F. The first-order chi connectivity index (χ1) is 9.15. The molecule has 0 radical (unpaired) electrons. The first kappa shape index (κ1) is 16.4. The molecule has 0 aliphatic rings. The second kappa shape index (κ2) is 6.20. The minimum atomic E-state index is -4.48. The molecule has 0 spiro atoms. The smallest absolute Gasteiger partial charge is 0.287 e. The Labute approximate surface area is 113 Å². The molecule has 0 unspecified atom stereocenters. The number of sulfonamides is 1. The Kier molecular flexibility index (Phi) is 5.09. The predicted molar refractivity (Wildman–Crippen MR) is 64.1 cm³/mol. The van der Waals surface area contributed by atoms with Gasteiger partial charge in [-0.2, -0.15) is 4.39 Å². The van der Waals surface area contributed by atoms with E-state index in [0.717, 1.165) is 0 Å². The molecule has 1 N–H and O–H groups in total. The average Bonchev–Trinajstić information content (AvgIpc) is 2.26. The lowest BCUT2D eigenvalue weighted by molar-refractivity contribution is -0.387. The highest BCUT2D eigenvalue weighted by molar-refractivity contribution is 7.89. The largest absolute Gasteiger partial charge is 0.306 e. The standard InChI is InChI=1S/C10H12F2N2O5S/c1-6(2)5-19-13-20(17,18)10-4-9(14(15)16)7(11)3-8(10)12/h3-4,6,13H,5H2,1-2H3. The monoisotopic (exact) mass is 310 g/mol. The molecule has 0 saturated carbocycles. The molecule has 112 valence electrons. The third-order valence-corrected chi connectivity index (χ3v) is 3.30. The molecule has 0 aliphatic carbocycles. The first-order valence-corrected chi connectivity index (χ1v) is 6.90. The van der Waals surface area contributed by atoms with Crippen molar-refractivity contribution in [1.82, 2.24) is 4.89 Å². The molecule has 0 atom stereocenters. The van der Waals surface area contributed by atoms with Crippen LogP contribution in [0.1, 0.15) is 13.8 Å². The van der Waals surface area contributed by atoms with Crippen molar-refractivity contribution in [2.24, 2.45) is 5.92 Å². The maximum absolute atomic E-state index is 13.4. The molecule has 1 aromatic carbocycles. The molecule has 7 nitrogen and oxygen atoms in total. The third-order valence-electron chi connectivity index (χ3n) is 2.07. The van der Waals surface area contributed by atoms with Gasteiger partial charge in [0.2, 0.25) is 5.82 Å². The first-order valence-electron chi connectivity index (χ1n) is 5.42. The highest BCUT2D eigenvalue weighted by Crippen LogP contribution is 2.24. The van der Waals surface area contributed by atoms with Crippen LogP contribution >= 0.6 is 0 Å². The van der Waals surface area contributed by atoms with Gasteiger partial charge in [0.1, 0.15) is 10.7 Å². The molecule has 20 heavy (non-hydrogen) atoms. The van der Waals surface area contributed by atoms with Crippen molar-refractivity contribution in [3.63, 3.8) is 0 Å². The summed E-state index contributed by atoms with van der Waals surface area (Å²) in [5.74, 6) is -2.91. The molecule has 0 heterocycles. The van der Waals surface area contributed by atoms with Gasteiger partial charge in [0.05, 0.1) is 11.5 Å². The van der Waals surface area contributed by atoms with Crippen LogP contribution in [0.3, 0.4) is 0 Å². The minimum Gasteiger partial charge on any atom is -0.287 e. The molecule has 1 aromatic rings. The minimum absolute atomic E-state index is 0.00472. The van der Waals surface area contributed by atoms with E-state index in [-0.39, 0.29) is 18.6 Å². The van der Waals surface area contributed by atoms with E-state index in [4.69, 9.17) is 0 Å². The summed E-state index contributed by atoms with van der Waals surface area (Å²) >= 11 is 0. The van der Waals surface area contributed by atoms with Crippen LogP contribution in [-0.4, -0.2) is 19.9 Å². The van der Waals surface area contributed by atoms with Gasteiger partial charge in [0, 0.05) is 12.1 Å². The lowest BCUT2D eigenvalue weighted by Crippen LogP contribution is -2.26. The van der Waals surface area contributed by atoms with Gasteiger partial charge < -0.3 is 0 Å². The quantitative estimate of drug-likeness (QED) is 0.637. The summed E-state index contributed by atoms with van der Waals surface area (Å²) in [6.45, 7) is 3.51. The maximum Gasteiger partial charge on any atom is 0.306 e. The number of rotatable bonds is 6. The van der Waals surface area contributed by atoms with Crippen molar-refractivity contribution in [3.05, 3.63) is 33.9 Å². The summed E-state index contributed by atoms with van der Waals surface area (Å²) < 4.78 is 49.9. The molecule has 0 bridgehead atoms.